The summed E-state index contributed by atoms with van der Waals surface area (Å²) in [6.07, 6.45) is 4.76. The fourth-order valence-electron chi connectivity index (χ4n) is 1.66. The van der Waals surface area contributed by atoms with E-state index in [1.165, 1.54) is 12.8 Å². The quantitative estimate of drug-likeness (QED) is 0.615. The van der Waals surface area contributed by atoms with Crippen LogP contribution in [0.5, 0.6) is 0 Å². The lowest BCUT2D eigenvalue weighted by Gasteiger charge is -2.26. The maximum Gasteiger partial charge on any atom is 0.314 e. The van der Waals surface area contributed by atoms with Crippen molar-refractivity contribution in [2.75, 3.05) is 7.05 Å². The van der Waals surface area contributed by atoms with E-state index in [2.05, 4.69) is 17.6 Å². The number of carbonyl (C=O) groups excluding carboxylic acids is 1. The Kier molecular flexibility index (Phi) is 3.38. The predicted octanol–water partition coefficient (Wildman–Crippen LogP) is 1.49. The van der Waals surface area contributed by atoms with Gasteiger partial charge in [-0.25, -0.2) is 4.79 Å². The third-order valence-corrected chi connectivity index (χ3v) is 2.58. The maximum atomic E-state index is 10.9. The van der Waals surface area contributed by atoms with Crippen LogP contribution in [0.4, 0.5) is 4.79 Å². The van der Waals surface area contributed by atoms with Crippen LogP contribution in [-0.2, 0) is 0 Å². The highest BCUT2D eigenvalue weighted by Crippen LogP contribution is 2.23. The lowest BCUT2D eigenvalue weighted by molar-refractivity contribution is 0.230. The molecule has 1 fully saturated rings. The first kappa shape index (κ1) is 9.36. The lowest BCUT2D eigenvalue weighted by atomic mass is 9.87. The highest BCUT2D eigenvalue weighted by molar-refractivity contribution is 5.73. The van der Waals surface area contributed by atoms with Gasteiger partial charge in [-0.15, -0.1) is 0 Å². The summed E-state index contributed by atoms with van der Waals surface area (Å²) >= 11 is 0. The van der Waals surface area contributed by atoms with Gasteiger partial charge in [0.2, 0.25) is 0 Å². The lowest BCUT2D eigenvalue weighted by Crippen LogP contribution is -2.42. The van der Waals surface area contributed by atoms with Crippen molar-refractivity contribution in [3.8, 4) is 0 Å². The Labute approximate surface area is 73.9 Å². The van der Waals surface area contributed by atoms with Crippen LogP contribution < -0.4 is 10.6 Å². The molecule has 0 saturated heterocycles. The van der Waals surface area contributed by atoms with E-state index in [0.717, 1.165) is 18.8 Å². The van der Waals surface area contributed by atoms with Crippen molar-refractivity contribution >= 4 is 6.03 Å². The van der Waals surface area contributed by atoms with Gasteiger partial charge in [-0.3, -0.25) is 0 Å². The number of urea groups is 1. The van der Waals surface area contributed by atoms with Gasteiger partial charge in [0.15, 0.2) is 0 Å². The van der Waals surface area contributed by atoms with Crippen molar-refractivity contribution in [1.29, 1.82) is 0 Å². The molecule has 0 unspecified atom stereocenters. The van der Waals surface area contributed by atoms with Crippen molar-refractivity contribution in [1.82, 2.24) is 10.6 Å². The van der Waals surface area contributed by atoms with Crippen molar-refractivity contribution < 1.29 is 4.79 Å². The molecule has 2 N–H and O–H groups in total. The van der Waals surface area contributed by atoms with Gasteiger partial charge in [-0.1, -0.05) is 6.92 Å². The maximum absolute atomic E-state index is 10.9. The van der Waals surface area contributed by atoms with Crippen LogP contribution in [0, 0.1) is 5.92 Å². The molecule has 0 spiro atoms. The Balaban J connectivity index is 2.21. The van der Waals surface area contributed by atoms with E-state index < -0.39 is 0 Å². The van der Waals surface area contributed by atoms with Gasteiger partial charge >= 0.3 is 6.03 Å². The largest absolute Gasteiger partial charge is 0.341 e. The van der Waals surface area contributed by atoms with E-state index in [1.807, 2.05) is 0 Å². The summed E-state index contributed by atoms with van der Waals surface area (Å²) in [5, 5.41) is 5.51. The van der Waals surface area contributed by atoms with E-state index in [9.17, 15) is 4.79 Å². The van der Waals surface area contributed by atoms with Gasteiger partial charge in [0, 0.05) is 13.1 Å². The third-order valence-electron chi connectivity index (χ3n) is 2.58. The number of amides is 2. The normalized spacial score (nSPS) is 29.5. The minimum absolute atomic E-state index is 0.0467. The monoisotopic (exact) mass is 170 g/mol. The SMILES string of the molecule is CNC(=O)NC1CCC(C)CC1. The summed E-state index contributed by atoms with van der Waals surface area (Å²) in [6.45, 7) is 2.27. The first-order valence-corrected chi connectivity index (χ1v) is 4.70. The van der Waals surface area contributed by atoms with Crippen LogP contribution in [0.2, 0.25) is 0 Å². The van der Waals surface area contributed by atoms with Crippen molar-refractivity contribution in [2.45, 2.75) is 38.6 Å². The zero-order valence-corrected chi connectivity index (χ0v) is 7.89. The molecule has 70 valence electrons. The molecule has 0 heterocycles. The van der Waals surface area contributed by atoms with E-state index in [1.54, 1.807) is 7.05 Å². The second kappa shape index (κ2) is 4.33. The van der Waals surface area contributed by atoms with Gasteiger partial charge in [0.1, 0.15) is 0 Å². The molecular weight excluding hydrogens is 152 g/mol. The summed E-state index contributed by atoms with van der Waals surface area (Å²) in [5.74, 6) is 0.840. The zero-order valence-electron chi connectivity index (χ0n) is 7.89. The number of hydrogen-bond donors (Lipinski definition) is 2. The second-order valence-electron chi connectivity index (χ2n) is 3.68. The van der Waals surface area contributed by atoms with Gasteiger partial charge < -0.3 is 10.6 Å². The Hall–Kier alpha value is -0.730. The van der Waals surface area contributed by atoms with Crippen molar-refractivity contribution in [3.63, 3.8) is 0 Å². The molecule has 0 radical (unpaired) electrons. The summed E-state index contributed by atoms with van der Waals surface area (Å²) in [6, 6.07) is 0.357. The standard InChI is InChI=1S/C9H18N2O/c1-7-3-5-8(6-4-7)11-9(12)10-2/h7-8H,3-6H2,1-2H3,(H2,10,11,12). The summed E-state index contributed by atoms with van der Waals surface area (Å²) in [5.41, 5.74) is 0. The van der Waals surface area contributed by atoms with E-state index in [0.29, 0.717) is 6.04 Å². The highest BCUT2D eigenvalue weighted by atomic mass is 16.2. The summed E-state index contributed by atoms with van der Waals surface area (Å²) in [4.78, 5) is 10.9. The van der Waals surface area contributed by atoms with Crippen LogP contribution in [0.25, 0.3) is 0 Å². The van der Waals surface area contributed by atoms with Crippen molar-refractivity contribution in [2.24, 2.45) is 5.92 Å². The molecule has 3 nitrogen and oxygen atoms in total. The van der Waals surface area contributed by atoms with Crippen LogP contribution in [0.15, 0.2) is 0 Å². The average molecular weight is 170 g/mol. The highest BCUT2D eigenvalue weighted by Gasteiger charge is 2.18. The van der Waals surface area contributed by atoms with E-state index in [-0.39, 0.29) is 6.03 Å². The first-order valence-electron chi connectivity index (χ1n) is 4.70. The molecular formula is C9H18N2O. The van der Waals surface area contributed by atoms with Crippen LogP contribution >= 0.6 is 0 Å². The fraction of sp³-hybridized carbons (Fsp3) is 0.889. The molecule has 0 atom stereocenters. The molecule has 12 heavy (non-hydrogen) atoms. The fourth-order valence-corrected chi connectivity index (χ4v) is 1.66. The molecule has 0 bridgehead atoms. The molecule has 1 aliphatic rings. The molecule has 1 aliphatic carbocycles. The molecule has 1 rings (SSSR count). The minimum Gasteiger partial charge on any atom is -0.341 e. The molecule has 3 heteroatoms. The third kappa shape index (κ3) is 2.72. The van der Waals surface area contributed by atoms with Crippen LogP contribution in [0.3, 0.4) is 0 Å². The van der Waals surface area contributed by atoms with Crippen LogP contribution in [-0.4, -0.2) is 19.1 Å². The second-order valence-corrected chi connectivity index (χ2v) is 3.68. The summed E-state index contributed by atoms with van der Waals surface area (Å²) in [7, 11) is 1.65. The van der Waals surface area contributed by atoms with Gasteiger partial charge in [0.05, 0.1) is 0 Å². The minimum atomic E-state index is -0.0467. The summed E-state index contributed by atoms with van der Waals surface area (Å²) < 4.78 is 0. The Morgan fingerprint density at radius 1 is 1.25 bits per heavy atom. The molecule has 0 aromatic heterocycles. The molecule has 2 amide bonds. The average Bonchev–Trinajstić information content (AvgIpc) is 2.09. The Bertz CT molecular complexity index is 151. The van der Waals surface area contributed by atoms with Gasteiger partial charge in [0.25, 0.3) is 0 Å². The number of nitrogens with one attached hydrogen (secondary N) is 2. The Morgan fingerprint density at radius 2 is 1.83 bits per heavy atom. The van der Waals surface area contributed by atoms with Gasteiger partial charge in [-0.05, 0) is 31.6 Å². The molecule has 1 saturated carbocycles. The topological polar surface area (TPSA) is 41.1 Å². The molecule has 0 aromatic carbocycles. The molecule has 0 aromatic rings. The first-order chi connectivity index (χ1) is 5.72. The zero-order chi connectivity index (χ0) is 8.97. The van der Waals surface area contributed by atoms with Crippen molar-refractivity contribution in [3.05, 3.63) is 0 Å². The number of carbonyl (C=O) groups is 1. The number of rotatable bonds is 1. The molecule has 0 aliphatic heterocycles. The van der Waals surface area contributed by atoms with E-state index in [4.69, 9.17) is 0 Å². The number of hydrogen-bond acceptors (Lipinski definition) is 1. The predicted molar refractivity (Wildman–Crippen MR) is 49.0 cm³/mol. The Morgan fingerprint density at radius 3 is 2.33 bits per heavy atom. The smallest absolute Gasteiger partial charge is 0.314 e. The van der Waals surface area contributed by atoms with Gasteiger partial charge in [-0.2, -0.15) is 0 Å². The van der Waals surface area contributed by atoms with Crippen LogP contribution in [0.1, 0.15) is 32.6 Å². The van der Waals surface area contributed by atoms with E-state index >= 15 is 0 Å².